The number of nitrogens with two attached hydrogens (primary N) is 1. The summed E-state index contributed by atoms with van der Waals surface area (Å²) in [6.45, 7) is 8.90. The maximum absolute atomic E-state index is 13.7. The predicted octanol–water partition coefficient (Wildman–Crippen LogP) is 4.51. The standard InChI is InChI=1S/C28H37ClN4O5/c1-7-18-11-13-19(14-12-18)24(25(35)32-23-17(2)9-8-10-20(23)29)33(6)26(36)21(15-16-22(30)34)31-27(37)38-28(3,4)5/h8-14,21,24H,7,15-16H2,1-6H3,(H2,30,34)(H,31,37)(H,32,35). The van der Waals surface area contributed by atoms with Crippen LogP contribution in [0.25, 0.3) is 0 Å². The Hall–Kier alpha value is -3.59. The van der Waals surface area contributed by atoms with Crippen LogP contribution in [0.3, 0.4) is 0 Å². The lowest BCUT2D eigenvalue weighted by molar-refractivity contribution is -0.139. The number of benzene rings is 2. The molecule has 0 spiro atoms. The summed E-state index contributed by atoms with van der Waals surface area (Å²) >= 11 is 6.34. The Balaban J connectivity index is 2.44. The van der Waals surface area contributed by atoms with Gasteiger partial charge in [0.05, 0.1) is 10.7 Å². The maximum atomic E-state index is 13.7. The highest BCUT2D eigenvalue weighted by Gasteiger charge is 2.34. The molecule has 0 heterocycles. The number of carbonyl (C=O) groups is 4. The molecule has 0 fully saturated rings. The zero-order valence-corrected chi connectivity index (χ0v) is 23.5. The summed E-state index contributed by atoms with van der Waals surface area (Å²) in [5, 5.41) is 5.74. The van der Waals surface area contributed by atoms with E-state index >= 15 is 0 Å². The largest absolute Gasteiger partial charge is 0.444 e. The second-order valence-corrected chi connectivity index (χ2v) is 10.5. The Kier molecular flexibility index (Phi) is 10.7. The molecule has 10 heteroatoms. The number of hydrogen-bond donors (Lipinski definition) is 3. The van der Waals surface area contributed by atoms with Crippen LogP contribution in [-0.4, -0.2) is 47.4 Å². The lowest BCUT2D eigenvalue weighted by Gasteiger charge is -2.32. The summed E-state index contributed by atoms with van der Waals surface area (Å²) < 4.78 is 5.30. The molecule has 206 valence electrons. The molecule has 2 aromatic carbocycles. The van der Waals surface area contributed by atoms with Crippen LogP contribution in [0.15, 0.2) is 42.5 Å². The van der Waals surface area contributed by atoms with Crippen LogP contribution >= 0.6 is 11.6 Å². The summed E-state index contributed by atoms with van der Waals surface area (Å²) in [5.41, 5.74) is 7.32. The number of nitrogens with one attached hydrogen (secondary N) is 2. The third-order valence-electron chi connectivity index (χ3n) is 5.83. The Morgan fingerprint density at radius 1 is 1.08 bits per heavy atom. The van der Waals surface area contributed by atoms with Crippen molar-refractivity contribution >= 4 is 41.1 Å². The Morgan fingerprint density at radius 2 is 1.71 bits per heavy atom. The van der Waals surface area contributed by atoms with Crippen molar-refractivity contribution in [3.8, 4) is 0 Å². The number of hydrogen-bond acceptors (Lipinski definition) is 5. The monoisotopic (exact) mass is 544 g/mol. The van der Waals surface area contributed by atoms with Gasteiger partial charge >= 0.3 is 6.09 Å². The van der Waals surface area contributed by atoms with Gasteiger partial charge in [-0.3, -0.25) is 14.4 Å². The van der Waals surface area contributed by atoms with E-state index in [1.807, 2.05) is 32.0 Å². The predicted molar refractivity (Wildman–Crippen MR) is 148 cm³/mol. The van der Waals surface area contributed by atoms with Gasteiger partial charge in [-0.15, -0.1) is 0 Å². The second kappa shape index (κ2) is 13.3. The lowest BCUT2D eigenvalue weighted by Crippen LogP contribution is -2.51. The number of likely N-dealkylation sites (N-methyl/N-ethyl adjacent to an activating group) is 1. The fourth-order valence-electron chi connectivity index (χ4n) is 3.84. The summed E-state index contributed by atoms with van der Waals surface area (Å²) in [5.74, 6) is -1.71. The van der Waals surface area contributed by atoms with Crippen LogP contribution in [-0.2, 0) is 25.5 Å². The number of alkyl carbamates (subject to hydrolysis) is 1. The van der Waals surface area contributed by atoms with Crippen LogP contribution in [0.5, 0.6) is 0 Å². The SMILES string of the molecule is CCc1ccc(C(C(=O)Nc2c(C)cccc2Cl)N(C)C(=O)C(CCC(N)=O)NC(=O)OC(C)(C)C)cc1. The highest BCUT2D eigenvalue weighted by Crippen LogP contribution is 2.29. The number of ether oxygens (including phenoxy) is 1. The molecular formula is C28H37ClN4O5. The molecule has 0 aliphatic carbocycles. The molecule has 0 bridgehead atoms. The van der Waals surface area contributed by atoms with Crippen molar-refractivity contribution in [3.05, 3.63) is 64.2 Å². The van der Waals surface area contributed by atoms with Crippen LogP contribution in [0, 0.1) is 6.92 Å². The van der Waals surface area contributed by atoms with Crippen molar-refractivity contribution in [1.82, 2.24) is 10.2 Å². The van der Waals surface area contributed by atoms with Gasteiger partial charge in [-0.05, 0) is 63.3 Å². The number of carbonyl (C=O) groups excluding carboxylic acids is 4. The van der Waals surface area contributed by atoms with Gasteiger partial charge in [-0.25, -0.2) is 4.79 Å². The zero-order chi connectivity index (χ0) is 28.6. The van der Waals surface area contributed by atoms with E-state index < -0.39 is 41.5 Å². The van der Waals surface area contributed by atoms with Crippen molar-refractivity contribution in [3.63, 3.8) is 0 Å². The van der Waals surface area contributed by atoms with Gasteiger partial charge in [0.15, 0.2) is 0 Å². The van der Waals surface area contributed by atoms with E-state index in [1.54, 1.807) is 45.0 Å². The van der Waals surface area contributed by atoms with Gasteiger partial charge in [0.25, 0.3) is 5.91 Å². The minimum absolute atomic E-state index is 0.0650. The van der Waals surface area contributed by atoms with Crippen LogP contribution in [0.4, 0.5) is 10.5 Å². The molecule has 0 aliphatic rings. The maximum Gasteiger partial charge on any atom is 0.408 e. The Bertz CT molecular complexity index is 1140. The Labute approximate surface area is 229 Å². The molecule has 2 unspecified atom stereocenters. The summed E-state index contributed by atoms with van der Waals surface area (Å²) in [7, 11) is 1.47. The molecular weight excluding hydrogens is 508 g/mol. The molecule has 38 heavy (non-hydrogen) atoms. The summed E-state index contributed by atoms with van der Waals surface area (Å²) in [4.78, 5) is 52.6. The molecule has 0 aromatic heterocycles. The van der Waals surface area contributed by atoms with Gasteiger partial charge in [0.2, 0.25) is 11.8 Å². The summed E-state index contributed by atoms with van der Waals surface area (Å²) in [6.07, 6.45) is -0.237. The fourth-order valence-corrected chi connectivity index (χ4v) is 4.10. The molecule has 2 atom stereocenters. The molecule has 0 aliphatic heterocycles. The van der Waals surface area contributed by atoms with Gasteiger partial charge < -0.3 is 26.0 Å². The highest BCUT2D eigenvalue weighted by atomic mass is 35.5. The third-order valence-corrected chi connectivity index (χ3v) is 6.14. The first-order valence-corrected chi connectivity index (χ1v) is 12.8. The fraction of sp³-hybridized carbons (Fsp3) is 0.429. The second-order valence-electron chi connectivity index (χ2n) is 10.1. The van der Waals surface area contributed by atoms with Crippen molar-refractivity contribution in [1.29, 1.82) is 0 Å². The average molecular weight is 545 g/mol. The van der Waals surface area contributed by atoms with E-state index in [4.69, 9.17) is 22.1 Å². The van der Waals surface area contributed by atoms with E-state index in [9.17, 15) is 19.2 Å². The quantitative estimate of drug-likeness (QED) is 0.405. The van der Waals surface area contributed by atoms with Crippen LogP contribution < -0.4 is 16.4 Å². The van der Waals surface area contributed by atoms with Gasteiger partial charge in [0, 0.05) is 13.5 Å². The number of halogens is 1. The van der Waals surface area contributed by atoms with E-state index in [0.717, 1.165) is 17.5 Å². The molecule has 0 saturated heterocycles. The number of anilines is 1. The van der Waals surface area contributed by atoms with Gasteiger partial charge in [-0.1, -0.05) is 54.9 Å². The lowest BCUT2D eigenvalue weighted by atomic mass is 10.00. The van der Waals surface area contributed by atoms with Gasteiger partial charge in [0.1, 0.15) is 17.7 Å². The number of primary amides is 1. The number of rotatable bonds is 10. The van der Waals surface area contributed by atoms with Crippen LogP contribution in [0.2, 0.25) is 5.02 Å². The Morgan fingerprint density at radius 3 is 2.24 bits per heavy atom. The molecule has 0 radical (unpaired) electrons. The molecule has 4 N–H and O–H groups in total. The minimum Gasteiger partial charge on any atom is -0.444 e. The molecule has 2 rings (SSSR count). The highest BCUT2D eigenvalue weighted by molar-refractivity contribution is 6.34. The van der Waals surface area contributed by atoms with E-state index in [0.29, 0.717) is 16.3 Å². The molecule has 9 nitrogen and oxygen atoms in total. The molecule has 4 amide bonds. The first-order chi connectivity index (χ1) is 17.7. The van der Waals surface area contributed by atoms with E-state index in [1.165, 1.54) is 11.9 Å². The van der Waals surface area contributed by atoms with Crippen molar-refractivity contribution in [2.24, 2.45) is 5.73 Å². The smallest absolute Gasteiger partial charge is 0.408 e. The zero-order valence-electron chi connectivity index (χ0n) is 22.8. The van der Waals surface area contributed by atoms with Crippen molar-refractivity contribution < 1.29 is 23.9 Å². The average Bonchev–Trinajstić information content (AvgIpc) is 2.83. The first kappa shape index (κ1) is 30.6. The minimum atomic E-state index is -1.16. The van der Waals surface area contributed by atoms with Crippen molar-refractivity contribution in [2.75, 3.05) is 12.4 Å². The normalized spacial score (nSPS) is 12.7. The topological polar surface area (TPSA) is 131 Å². The first-order valence-electron chi connectivity index (χ1n) is 12.4. The van der Waals surface area contributed by atoms with Crippen LogP contribution in [0.1, 0.15) is 63.3 Å². The van der Waals surface area contributed by atoms with Gasteiger partial charge in [-0.2, -0.15) is 0 Å². The van der Waals surface area contributed by atoms with Crippen molar-refractivity contribution in [2.45, 2.75) is 71.6 Å². The third kappa shape index (κ3) is 8.76. The molecule has 0 saturated carbocycles. The van der Waals surface area contributed by atoms with E-state index in [2.05, 4.69) is 10.6 Å². The number of para-hydroxylation sites is 1. The van der Waals surface area contributed by atoms with E-state index in [-0.39, 0.29) is 12.8 Å². The summed E-state index contributed by atoms with van der Waals surface area (Å²) in [6, 6.07) is 10.4. The number of aryl methyl sites for hydroxylation is 2. The number of amides is 4. The number of nitrogens with zero attached hydrogens (tertiary/aromatic N) is 1. The molecule has 2 aromatic rings.